The summed E-state index contributed by atoms with van der Waals surface area (Å²) in [7, 11) is 0. The van der Waals surface area contributed by atoms with Crippen molar-refractivity contribution in [2.75, 3.05) is 6.61 Å². The van der Waals surface area contributed by atoms with Crippen LogP contribution in [0.3, 0.4) is 0 Å². The Morgan fingerprint density at radius 3 is 2.61 bits per heavy atom. The van der Waals surface area contributed by atoms with E-state index in [1.807, 2.05) is 20.8 Å². The Morgan fingerprint density at radius 2 is 2.11 bits per heavy atom. The molecule has 0 saturated carbocycles. The van der Waals surface area contributed by atoms with Crippen LogP contribution in [0.25, 0.3) is 0 Å². The monoisotopic (exact) mass is 271 g/mol. The fourth-order valence-corrected chi connectivity index (χ4v) is 1.67. The predicted molar refractivity (Wildman–Crippen MR) is 73.1 cm³/mol. The van der Waals surface area contributed by atoms with Crippen LogP contribution in [0.5, 0.6) is 5.75 Å². The van der Waals surface area contributed by atoms with Gasteiger partial charge in [-0.05, 0) is 45.9 Å². The molecule has 0 aliphatic carbocycles. The zero-order valence-corrected chi connectivity index (χ0v) is 11.9. The molecule has 0 N–H and O–H groups in total. The van der Waals surface area contributed by atoms with Crippen molar-refractivity contribution in [3.8, 4) is 5.75 Å². The number of halogens is 1. The van der Waals surface area contributed by atoms with E-state index >= 15 is 0 Å². The van der Waals surface area contributed by atoms with Crippen LogP contribution >= 0.6 is 0 Å². The highest BCUT2D eigenvalue weighted by atomic mass is 32.2. The minimum absolute atomic E-state index is 0.214. The second kappa shape index (κ2) is 6.20. The van der Waals surface area contributed by atoms with Gasteiger partial charge >= 0.3 is 0 Å². The molecular weight excluding hydrogens is 253 g/mol. The molecule has 0 heterocycles. The number of ether oxygens (including phenoxy) is 1. The van der Waals surface area contributed by atoms with E-state index in [1.165, 1.54) is 12.3 Å². The van der Waals surface area contributed by atoms with Gasteiger partial charge in [0.2, 0.25) is 0 Å². The molecule has 1 aromatic rings. The van der Waals surface area contributed by atoms with Gasteiger partial charge in [0.1, 0.15) is 16.1 Å². The van der Waals surface area contributed by atoms with Crippen molar-refractivity contribution in [1.29, 1.82) is 0 Å². The Labute approximate surface area is 110 Å². The second-order valence-electron chi connectivity index (χ2n) is 4.72. The lowest BCUT2D eigenvalue weighted by atomic mass is 10.2. The average Bonchev–Trinajstić information content (AvgIpc) is 2.28. The van der Waals surface area contributed by atoms with Crippen LogP contribution in [0.4, 0.5) is 4.39 Å². The average molecular weight is 271 g/mol. The lowest BCUT2D eigenvalue weighted by Crippen LogP contribution is -2.25. The molecule has 0 aromatic heterocycles. The van der Waals surface area contributed by atoms with E-state index in [-0.39, 0.29) is 5.75 Å². The fraction of sp³-hybridized carbons (Fsp3) is 0.462. The summed E-state index contributed by atoms with van der Waals surface area (Å²) >= 11 is -1.34. The van der Waals surface area contributed by atoms with Crippen molar-refractivity contribution in [2.45, 2.75) is 32.4 Å². The number of rotatable bonds is 4. The summed E-state index contributed by atoms with van der Waals surface area (Å²) in [5.74, 6) is -0.228. The highest BCUT2D eigenvalue weighted by molar-refractivity contribution is 7.91. The van der Waals surface area contributed by atoms with Gasteiger partial charge in [-0.1, -0.05) is 4.40 Å². The van der Waals surface area contributed by atoms with Gasteiger partial charge in [-0.15, -0.1) is 0 Å². The zero-order valence-electron chi connectivity index (χ0n) is 11.1. The van der Waals surface area contributed by atoms with E-state index in [9.17, 15) is 8.94 Å². The maximum Gasteiger partial charge on any atom is 0.165 e. The molecule has 0 radical (unpaired) electrons. The first-order chi connectivity index (χ1) is 8.34. The van der Waals surface area contributed by atoms with Crippen LogP contribution in [0.2, 0.25) is 0 Å². The largest absolute Gasteiger partial charge is 0.591 e. The Bertz CT molecular complexity index is 429. The Balaban J connectivity index is 2.80. The van der Waals surface area contributed by atoms with E-state index in [2.05, 4.69) is 4.40 Å². The summed E-state index contributed by atoms with van der Waals surface area (Å²) in [6, 6.07) is 4.53. The van der Waals surface area contributed by atoms with Crippen molar-refractivity contribution in [2.24, 2.45) is 4.40 Å². The smallest absolute Gasteiger partial charge is 0.165 e. The summed E-state index contributed by atoms with van der Waals surface area (Å²) in [6.07, 6.45) is 1.42. The number of benzene rings is 1. The standard InChI is InChI=1S/C13H18FNO2S/c1-5-17-12-7-6-10(8-11(12)14)9-15-18(16)13(2,3)4/h6-9H,5H2,1-4H3/b15-9+. The molecule has 0 aliphatic heterocycles. The van der Waals surface area contributed by atoms with Crippen LogP contribution in [-0.2, 0) is 11.4 Å². The molecule has 0 fully saturated rings. The molecule has 3 nitrogen and oxygen atoms in total. The molecule has 1 rings (SSSR count). The number of nitrogens with zero attached hydrogens (tertiary/aromatic N) is 1. The van der Waals surface area contributed by atoms with Gasteiger partial charge in [0.25, 0.3) is 0 Å². The third-order valence-electron chi connectivity index (χ3n) is 2.08. The molecule has 0 amide bonds. The maximum atomic E-state index is 13.5. The highest BCUT2D eigenvalue weighted by Gasteiger charge is 2.25. The first-order valence-corrected chi connectivity index (χ1v) is 6.83. The highest BCUT2D eigenvalue weighted by Crippen LogP contribution is 2.19. The second-order valence-corrected chi connectivity index (χ2v) is 6.65. The molecular formula is C13H18FNO2S. The summed E-state index contributed by atoms with van der Waals surface area (Å²) in [4.78, 5) is 0. The van der Waals surface area contributed by atoms with Crippen molar-refractivity contribution < 1.29 is 13.7 Å². The topological polar surface area (TPSA) is 44.6 Å². The predicted octanol–water partition coefficient (Wildman–Crippen LogP) is 3.11. The van der Waals surface area contributed by atoms with Crippen LogP contribution < -0.4 is 4.74 Å². The minimum atomic E-state index is -1.34. The van der Waals surface area contributed by atoms with E-state index in [1.54, 1.807) is 19.1 Å². The van der Waals surface area contributed by atoms with Crippen LogP contribution in [-0.4, -0.2) is 22.1 Å². The summed E-state index contributed by atoms with van der Waals surface area (Å²) < 4.78 is 33.8. The van der Waals surface area contributed by atoms with E-state index in [0.29, 0.717) is 12.2 Å². The summed E-state index contributed by atoms with van der Waals surface area (Å²) in [5.41, 5.74) is 0.563. The first-order valence-electron chi connectivity index (χ1n) is 5.73. The van der Waals surface area contributed by atoms with E-state index in [4.69, 9.17) is 4.74 Å². The van der Waals surface area contributed by atoms with Gasteiger partial charge in [0, 0.05) is 5.56 Å². The molecule has 1 unspecified atom stereocenters. The lowest BCUT2D eigenvalue weighted by Gasteiger charge is -2.17. The van der Waals surface area contributed by atoms with Crippen molar-refractivity contribution in [1.82, 2.24) is 0 Å². The van der Waals surface area contributed by atoms with Crippen molar-refractivity contribution in [3.63, 3.8) is 0 Å². The molecule has 5 heteroatoms. The Kier molecular flexibility index (Phi) is 5.16. The Hall–Kier alpha value is -1.07. The lowest BCUT2D eigenvalue weighted by molar-refractivity contribution is 0.321. The molecule has 1 atom stereocenters. The SMILES string of the molecule is CCOc1ccc(/C=N/[S+]([O-])C(C)(C)C)cc1F. The first kappa shape index (κ1) is 15.0. The van der Waals surface area contributed by atoms with Crippen molar-refractivity contribution >= 4 is 17.6 Å². The van der Waals surface area contributed by atoms with Crippen LogP contribution in [0, 0.1) is 5.82 Å². The molecule has 18 heavy (non-hydrogen) atoms. The Morgan fingerprint density at radius 1 is 1.44 bits per heavy atom. The van der Waals surface area contributed by atoms with Crippen molar-refractivity contribution in [3.05, 3.63) is 29.6 Å². The quantitative estimate of drug-likeness (QED) is 0.624. The van der Waals surface area contributed by atoms with Gasteiger partial charge in [0.05, 0.1) is 12.8 Å². The van der Waals surface area contributed by atoms with Gasteiger partial charge in [-0.25, -0.2) is 4.39 Å². The van der Waals surface area contributed by atoms with Gasteiger partial charge in [-0.3, -0.25) is 0 Å². The number of hydrogen-bond donors (Lipinski definition) is 0. The minimum Gasteiger partial charge on any atom is -0.591 e. The molecule has 0 spiro atoms. The molecule has 100 valence electrons. The fourth-order valence-electron chi connectivity index (χ4n) is 1.14. The summed E-state index contributed by atoms with van der Waals surface area (Å²) in [5, 5.41) is 0. The van der Waals surface area contributed by atoms with Crippen LogP contribution in [0.15, 0.2) is 22.6 Å². The summed E-state index contributed by atoms with van der Waals surface area (Å²) in [6.45, 7) is 7.71. The normalized spacial score (nSPS) is 13.9. The van der Waals surface area contributed by atoms with Gasteiger partial charge in [-0.2, -0.15) is 0 Å². The zero-order chi connectivity index (χ0) is 13.8. The third-order valence-corrected chi connectivity index (χ3v) is 3.42. The molecule has 1 aromatic carbocycles. The molecule has 0 aliphatic rings. The number of hydrogen-bond acceptors (Lipinski definition) is 3. The van der Waals surface area contributed by atoms with Gasteiger partial charge < -0.3 is 9.29 Å². The molecule has 0 saturated heterocycles. The van der Waals surface area contributed by atoms with Crippen LogP contribution in [0.1, 0.15) is 33.3 Å². The molecule has 0 bridgehead atoms. The van der Waals surface area contributed by atoms with Gasteiger partial charge in [0.15, 0.2) is 11.6 Å². The maximum absolute atomic E-state index is 13.5. The third kappa shape index (κ3) is 4.31. The van der Waals surface area contributed by atoms with E-state index in [0.717, 1.165) is 0 Å². The van der Waals surface area contributed by atoms with E-state index < -0.39 is 21.9 Å².